The first-order valence-electron chi connectivity index (χ1n) is 11.1. The summed E-state index contributed by atoms with van der Waals surface area (Å²) in [4.78, 5) is 20.2. The number of rotatable bonds is 3. The fraction of sp³-hybridized carbons (Fsp3) is 0.462. The molecule has 0 unspecified atom stereocenters. The molecule has 0 amide bonds. The van der Waals surface area contributed by atoms with Gasteiger partial charge in [0.05, 0.1) is 11.9 Å². The van der Waals surface area contributed by atoms with Crippen LogP contribution in [0.2, 0.25) is 0 Å². The first-order chi connectivity index (χ1) is 14.6. The number of carboxylic acids is 2. The van der Waals surface area contributed by atoms with Gasteiger partial charge in [-0.1, -0.05) is 125 Å². The van der Waals surface area contributed by atoms with Crippen LogP contribution >= 0.6 is 0 Å². The third-order valence-corrected chi connectivity index (χ3v) is 5.99. The van der Waals surface area contributed by atoms with Gasteiger partial charge >= 0.3 is 0 Å². The molecular formula is C26H32O4-2. The molecule has 0 heterocycles. The summed E-state index contributed by atoms with van der Waals surface area (Å²) in [6.45, 7) is 0. The predicted octanol–water partition coefficient (Wildman–Crippen LogP) is 4.25. The quantitative estimate of drug-likeness (QED) is 0.760. The number of carbonyl (C=O) groups is 2. The van der Waals surface area contributed by atoms with Gasteiger partial charge in [-0.25, -0.2) is 0 Å². The van der Waals surface area contributed by atoms with E-state index in [-0.39, 0.29) is 11.1 Å². The molecule has 4 nitrogen and oxygen atoms in total. The van der Waals surface area contributed by atoms with Crippen LogP contribution in [-0.4, -0.2) is 11.9 Å². The summed E-state index contributed by atoms with van der Waals surface area (Å²) in [7, 11) is 0. The number of carbonyl (C=O) groups excluding carboxylic acids is 2. The Morgan fingerprint density at radius 2 is 0.833 bits per heavy atom. The summed E-state index contributed by atoms with van der Waals surface area (Å²) in [5, 5.41) is 20.2. The maximum atomic E-state index is 10.1. The summed E-state index contributed by atoms with van der Waals surface area (Å²) in [6.07, 6.45) is 15.4. The molecule has 0 aliphatic heterocycles. The van der Waals surface area contributed by atoms with Gasteiger partial charge < -0.3 is 19.8 Å². The van der Waals surface area contributed by atoms with Crippen molar-refractivity contribution in [2.45, 2.75) is 64.2 Å². The Kier molecular flexibility index (Phi) is 10.7. The van der Waals surface area contributed by atoms with E-state index < -0.39 is 11.9 Å². The van der Waals surface area contributed by atoms with Gasteiger partial charge in [0.2, 0.25) is 0 Å². The summed E-state index contributed by atoms with van der Waals surface area (Å²) in [6, 6.07) is 16.1. The lowest BCUT2D eigenvalue weighted by Crippen LogP contribution is -2.21. The highest BCUT2D eigenvalue weighted by Gasteiger charge is 2.24. The first kappa shape index (κ1) is 23.7. The Morgan fingerprint density at radius 3 is 1.07 bits per heavy atom. The smallest absolute Gasteiger partial charge is 0.0715 e. The zero-order chi connectivity index (χ0) is 21.6. The van der Waals surface area contributed by atoms with Gasteiger partial charge in [-0.15, -0.1) is 0 Å². The van der Waals surface area contributed by atoms with Crippen LogP contribution in [0.4, 0.5) is 0 Å². The van der Waals surface area contributed by atoms with Crippen molar-refractivity contribution in [3.63, 3.8) is 0 Å². The van der Waals surface area contributed by atoms with Crippen molar-refractivity contribution in [3.05, 3.63) is 71.8 Å². The molecule has 0 bridgehead atoms. The summed E-state index contributed by atoms with van der Waals surface area (Å²) >= 11 is 0. The van der Waals surface area contributed by atoms with E-state index in [0.29, 0.717) is 0 Å². The van der Waals surface area contributed by atoms with E-state index in [1.165, 1.54) is 62.8 Å². The first-order valence-corrected chi connectivity index (χ1v) is 11.1. The maximum absolute atomic E-state index is 10.1. The van der Waals surface area contributed by atoms with Crippen LogP contribution in [0.3, 0.4) is 0 Å². The molecule has 30 heavy (non-hydrogen) atoms. The van der Waals surface area contributed by atoms with Crippen molar-refractivity contribution in [3.8, 4) is 0 Å². The summed E-state index contributed by atoms with van der Waals surface area (Å²) < 4.78 is 0. The molecule has 2 aliphatic rings. The Morgan fingerprint density at radius 1 is 0.533 bits per heavy atom. The van der Waals surface area contributed by atoms with E-state index in [4.69, 9.17) is 0 Å². The number of hydrogen-bond acceptors (Lipinski definition) is 4. The Labute approximate surface area is 180 Å². The summed E-state index contributed by atoms with van der Waals surface area (Å²) in [5.41, 5.74) is 0.440. The SMILES string of the molecule is C1CCC(C2CCCCC2)CC1.O=C([O-])c1ccccc1.O=C([O-])c1ccccc1. The van der Waals surface area contributed by atoms with Crippen LogP contribution in [0, 0.1) is 11.8 Å². The Bertz CT molecular complexity index is 665. The van der Waals surface area contributed by atoms with Gasteiger partial charge in [0.25, 0.3) is 0 Å². The number of aromatic carboxylic acids is 2. The minimum absolute atomic E-state index is 0.220. The lowest BCUT2D eigenvalue weighted by atomic mass is 9.73. The van der Waals surface area contributed by atoms with Crippen molar-refractivity contribution in [2.24, 2.45) is 11.8 Å². The molecule has 2 aromatic carbocycles. The van der Waals surface area contributed by atoms with Crippen LogP contribution in [0.15, 0.2) is 60.7 Å². The van der Waals surface area contributed by atoms with Crippen molar-refractivity contribution >= 4 is 11.9 Å². The van der Waals surface area contributed by atoms with Crippen molar-refractivity contribution in [1.82, 2.24) is 0 Å². The molecule has 0 atom stereocenters. The second-order valence-electron chi connectivity index (χ2n) is 8.10. The van der Waals surface area contributed by atoms with E-state index in [0.717, 1.165) is 11.8 Å². The lowest BCUT2D eigenvalue weighted by molar-refractivity contribution is -0.256. The second-order valence-corrected chi connectivity index (χ2v) is 8.10. The zero-order valence-corrected chi connectivity index (χ0v) is 17.6. The van der Waals surface area contributed by atoms with E-state index in [9.17, 15) is 19.8 Å². The number of hydrogen-bond donors (Lipinski definition) is 0. The monoisotopic (exact) mass is 408 g/mol. The molecule has 0 N–H and O–H groups in total. The molecule has 4 rings (SSSR count). The molecular weight excluding hydrogens is 376 g/mol. The lowest BCUT2D eigenvalue weighted by Gasteiger charge is -2.32. The molecule has 2 aliphatic carbocycles. The molecule has 2 saturated carbocycles. The third kappa shape index (κ3) is 8.81. The van der Waals surface area contributed by atoms with Gasteiger partial charge in [-0.05, 0) is 23.0 Å². The molecule has 0 aromatic heterocycles. The van der Waals surface area contributed by atoms with E-state index >= 15 is 0 Å². The minimum Gasteiger partial charge on any atom is -0.545 e. The zero-order valence-electron chi connectivity index (χ0n) is 17.6. The number of benzene rings is 2. The molecule has 0 spiro atoms. The van der Waals surface area contributed by atoms with E-state index in [2.05, 4.69) is 0 Å². The van der Waals surface area contributed by atoms with Crippen LogP contribution in [0.25, 0.3) is 0 Å². The second kappa shape index (κ2) is 13.6. The molecule has 0 radical (unpaired) electrons. The normalized spacial score (nSPS) is 16.9. The van der Waals surface area contributed by atoms with Crippen molar-refractivity contribution in [2.75, 3.05) is 0 Å². The highest BCUT2D eigenvalue weighted by molar-refractivity contribution is 5.85. The summed E-state index contributed by atoms with van der Waals surface area (Å²) in [5.74, 6) is 0.0179. The van der Waals surface area contributed by atoms with Gasteiger partial charge in [-0.3, -0.25) is 0 Å². The molecule has 162 valence electrons. The Balaban J connectivity index is 0.000000163. The van der Waals surface area contributed by atoms with Crippen LogP contribution in [0.5, 0.6) is 0 Å². The third-order valence-electron chi connectivity index (χ3n) is 5.99. The van der Waals surface area contributed by atoms with Gasteiger partial charge in [-0.2, -0.15) is 0 Å². The fourth-order valence-electron chi connectivity index (χ4n) is 4.36. The predicted molar refractivity (Wildman–Crippen MR) is 115 cm³/mol. The molecule has 0 saturated heterocycles. The standard InChI is InChI=1S/C12H22.2C7H6O2/c1-3-7-11(8-4-1)12-9-5-2-6-10-12;2*8-7(9)6-4-2-1-3-5-6/h11-12H,1-10H2;2*1-5H,(H,8,9)/p-2. The maximum Gasteiger partial charge on any atom is 0.0715 e. The average Bonchev–Trinajstić information content (AvgIpc) is 2.82. The topological polar surface area (TPSA) is 80.3 Å². The highest BCUT2D eigenvalue weighted by Crippen LogP contribution is 2.37. The molecule has 2 fully saturated rings. The van der Waals surface area contributed by atoms with Crippen LogP contribution in [-0.2, 0) is 0 Å². The number of carboxylic acid groups (broad SMARTS) is 2. The van der Waals surface area contributed by atoms with Crippen molar-refractivity contribution < 1.29 is 19.8 Å². The van der Waals surface area contributed by atoms with Crippen LogP contribution in [0.1, 0.15) is 84.9 Å². The van der Waals surface area contributed by atoms with Gasteiger partial charge in [0, 0.05) is 0 Å². The van der Waals surface area contributed by atoms with E-state index in [1.54, 1.807) is 62.1 Å². The van der Waals surface area contributed by atoms with Gasteiger partial charge in [0.1, 0.15) is 0 Å². The van der Waals surface area contributed by atoms with Crippen molar-refractivity contribution in [1.29, 1.82) is 0 Å². The fourth-order valence-corrected chi connectivity index (χ4v) is 4.36. The average molecular weight is 409 g/mol. The minimum atomic E-state index is -1.13. The Hall–Kier alpha value is -2.62. The van der Waals surface area contributed by atoms with E-state index in [1.807, 2.05) is 0 Å². The van der Waals surface area contributed by atoms with Crippen LogP contribution < -0.4 is 10.2 Å². The largest absolute Gasteiger partial charge is 0.545 e. The molecule has 4 heteroatoms. The molecule has 2 aromatic rings. The highest BCUT2D eigenvalue weighted by atomic mass is 16.4. The van der Waals surface area contributed by atoms with Gasteiger partial charge in [0.15, 0.2) is 0 Å².